The fourth-order valence-electron chi connectivity index (χ4n) is 1.47. The Balaban J connectivity index is 2.38. The predicted molar refractivity (Wildman–Crippen MR) is 57.5 cm³/mol. The van der Waals surface area contributed by atoms with Crippen LogP contribution in [0.1, 0.15) is 21.6 Å². The van der Waals surface area contributed by atoms with Crippen molar-refractivity contribution in [1.82, 2.24) is 15.4 Å². The van der Waals surface area contributed by atoms with Crippen molar-refractivity contribution in [3.05, 3.63) is 41.2 Å². The number of benzene rings is 1. The highest BCUT2D eigenvalue weighted by Crippen LogP contribution is 2.18. The minimum absolute atomic E-state index is 0.145. The van der Waals surface area contributed by atoms with Gasteiger partial charge >= 0.3 is 0 Å². The number of rotatable bonds is 3. The van der Waals surface area contributed by atoms with Crippen LogP contribution in [0.4, 0.5) is 0 Å². The summed E-state index contributed by atoms with van der Waals surface area (Å²) in [5, 5.41) is 9.79. The Morgan fingerprint density at radius 3 is 2.81 bits per heavy atom. The molecule has 0 aliphatic rings. The van der Waals surface area contributed by atoms with E-state index in [9.17, 15) is 4.79 Å². The second kappa shape index (κ2) is 4.14. The highest BCUT2D eigenvalue weighted by molar-refractivity contribution is 6.08. The lowest BCUT2D eigenvalue weighted by Crippen LogP contribution is -2.04. The molecule has 5 heteroatoms. The smallest absolute Gasteiger partial charge is 0.215 e. The number of aromatic nitrogens is 3. The molecule has 2 aromatic rings. The number of H-pyrrole nitrogens is 1. The normalized spacial score (nSPS) is 10.1. The van der Waals surface area contributed by atoms with Crippen molar-refractivity contribution in [2.75, 3.05) is 7.11 Å². The molecule has 5 nitrogen and oxygen atoms in total. The fraction of sp³-hybridized carbons (Fsp3) is 0.182. The third-order valence-corrected chi connectivity index (χ3v) is 2.33. The zero-order valence-corrected chi connectivity index (χ0v) is 9.02. The number of carbonyl (C=O) groups excluding carboxylic acids is 1. The van der Waals surface area contributed by atoms with Gasteiger partial charge in [-0.15, -0.1) is 0 Å². The van der Waals surface area contributed by atoms with Crippen LogP contribution in [0, 0.1) is 6.92 Å². The number of hydrogen-bond acceptors (Lipinski definition) is 4. The van der Waals surface area contributed by atoms with Gasteiger partial charge in [-0.25, -0.2) is 0 Å². The van der Waals surface area contributed by atoms with Gasteiger partial charge in [0.05, 0.1) is 13.3 Å². The topological polar surface area (TPSA) is 67.9 Å². The van der Waals surface area contributed by atoms with Crippen molar-refractivity contribution in [3.8, 4) is 5.75 Å². The zero-order chi connectivity index (χ0) is 11.5. The van der Waals surface area contributed by atoms with Crippen molar-refractivity contribution in [3.63, 3.8) is 0 Å². The van der Waals surface area contributed by atoms with Gasteiger partial charge in [-0.3, -0.25) is 4.79 Å². The SMILES string of the molecule is COc1ccc(C(=O)c2cn[nH]n2)c(C)c1. The second-order valence-corrected chi connectivity index (χ2v) is 3.37. The number of aryl methyl sites for hydroxylation is 1. The number of hydrogen-bond donors (Lipinski definition) is 1. The van der Waals surface area contributed by atoms with Crippen molar-refractivity contribution >= 4 is 5.78 Å². The van der Waals surface area contributed by atoms with Crippen LogP contribution in [0.3, 0.4) is 0 Å². The predicted octanol–water partition coefficient (Wildman–Crippen LogP) is 1.35. The molecule has 0 aliphatic carbocycles. The van der Waals surface area contributed by atoms with E-state index in [1.165, 1.54) is 6.20 Å². The first kappa shape index (κ1) is 10.4. The summed E-state index contributed by atoms with van der Waals surface area (Å²) in [6, 6.07) is 5.29. The monoisotopic (exact) mass is 217 g/mol. The molecule has 16 heavy (non-hydrogen) atoms. The number of nitrogens with zero attached hydrogens (tertiary/aromatic N) is 2. The van der Waals surface area contributed by atoms with Crippen LogP contribution in [0.2, 0.25) is 0 Å². The maximum atomic E-state index is 12.0. The van der Waals surface area contributed by atoms with Crippen molar-refractivity contribution < 1.29 is 9.53 Å². The minimum Gasteiger partial charge on any atom is -0.497 e. The van der Waals surface area contributed by atoms with Crippen LogP contribution in [0.5, 0.6) is 5.75 Å². The minimum atomic E-state index is -0.145. The van der Waals surface area contributed by atoms with Crippen molar-refractivity contribution in [1.29, 1.82) is 0 Å². The number of aromatic amines is 1. The van der Waals surface area contributed by atoms with E-state index in [0.29, 0.717) is 11.3 Å². The Hall–Kier alpha value is -2.17. The molecule has 0 fully saturated rings. The van der Waals surface area contributed by atoms with Gasteiger partial charge in [-0.2, -0.15) is 15.4 Å². The second-order valence-electron chi connectivity index (χ2n) is 3.37. The van der Waals surface area contributed by atoms with Crippen LogP contribution in [-0.2, 0) is 0 Å². The van der Waals surface area contributed by atoms with E-state index in [2.05, 4.69) is 15.4 Å². The highest BCUT2D eigenvalue weighted by Gasteiger charge is 2.14. The summed E-state index contributed by atoms with van der Waals surface area (Å²) in [5.74, 6) is 0.586. The van der Waals surface area contributed by atoms with E-state index in [4.69, 9.17) is 4.74 Å². The van der Waals surface area contributed by atoms with Gasteiger partial charge in [-0.05, 0) is 30.7 Å². The molecule has 0 amide bonds. The molecule has 1 heterocycles. The molecule has 0 radical (unpaired) electrons. The summed E-state index contributed by atoms with van der Waals surface area (Å²) < 4.78 is 5.08. The number of nitrogens with one attached hydrogen (secondary N) is 1. The molecule has 0 saturated carbocycles. The molecule has 2 rings (SSSR count). The summed E-state index contributed by atoms with van der Waals surface area (Å²) in [6.07, 6.45) is 1.41. The molecule has 0 aliphatic heterocycles. The average Bonchev–Trinajstić information content (AvgIpc) is 2.81. The Kier molecular flexibility index (Phi) is 2.68. The van der Waals surface area contributed by atoms with Gasteiger partial charge in [0.25, 0.3) is 0 Å². The third-order valence-electron chi connectivity index (χ3n) is 2.33. The number of ether oxygens (including phenoxy) is 1. The van der Waals surface area contributed by atoms with Crippen LogP contribution < -0.4 is 4.74 Å². The summed E-state index contributed by atoms with van der Waals surface area (Å²) >= 11 is 0. The van der Waals surface area contributed by atoms with E-state index in [0.717, 1.165) is 11.3 Å². The summed E-state index contributed by atoms with van der Waals surface area (Å²) in [5.41, 5.74) is 1.77. The van der Waals surface area contributed by atoms with E-state index in [-0.39, 0.29) is 5.78 Å². The first-order valence-electron chi connectivity index (χ1n) is 4.77. The fourth-order valence-corrected chi connectivity index (χ4v) is 1.47. The number of methoxy groups -OCH3 is 1. The van der Waals surface area contributed by atoms with Gasteiger partial charge in [0.15, 0.2) is 5.69 Å². The first-order chi connectivity index (χ1) is 7.72. The van der Waals surface area contributed by atoms with Crippen LogP contribution in [0.15, 0.2) is 24.4 Å². The Labute approximate surface area is 92.4 Å². The van der Waals surface area contributed by atoms with E-state index in [1.54, 1.807) is 19.2 Å². The maximum absolute atomic E-state index is 12.0. The number of ketones is 1. The Bertz CT molecular complexity index is 506. The first-order valence-corrected chi connectivity index (χ1v) is 4.77. The molecule has 0 atom stereocenters. The van der Waals surface area contributed by atoms with Gasteiger partial charge < -0.3 is 4.74 Å². The average molecular weight is 217 g/mol. The van der Waals surface area contributed by atoms with Crippen LogP contribution in [0.25, 0.3) is 0 Å². The maximum Gasteiger partial charge on any atom is 0.215 e. The van der Waals surface area contributed by atoms with E-state index >= 15 is 0 Å². The molecule has 0 spiro atoms. The summed E-state index contributed by atoms with van der Waals surface area (Å²) in [6.45, 7) is 1.86. The molecule has 82 valence electrons. The lowest BCUT2D eigenvalue weighted by atomic mass is 10.0. The highest BCUT2D eigenvalue weighted by atomic mass is 16.5. The zero-order valence-electron chi connectivity index (χ0n) is 9.02. The Morgan fingerprint density at radius 2 is 2.25 bits per heavy atom. The molecule has 0 saturated heterocycles. The van der Waals surface area contributed by atoms with Gasteiger partial charge in [0.1, 0.15) is 5.75 Å². The third kappa shape index (κ3) is 1.79. The number of carbonyl (C=O) groups is 1. The molecule has 0 unspecified atom stereocenters. The molecule has 0 bridgehead atoms. The molecular formula is C11H11N3O2. The van der Waals surface area contributed by atoms with Crippen molar-refractivity contribution in [2.45, 2.75) is 6.92 Å². The largest absolute Gasteiger partial charge is 0.497 e. The molecule has 1 aromatic carbocycles. The van der Waals surface area contributed by atoms with Gasteiger partial charge in [0, 0.05) is 5.56 Å². The van der Waals surface area contributed by atoms with E-state index in [1.807, 2.05) is 13.0 Å². The molecule has 1 N–H and O–H groups in total. The quantitative estimate of drug-likeness (QED) is 0.788. The Morgan fingerprint density at radius 1 is 1.44 bits per heavy atom. The van der Waals surface area contributed by atoms with Crippen LogP contribution >= 0.6 is 0 Å². The van der Waals surface area contributed by atoms with Crippen molar-refractivity contribution in [2.24, 2.45) is 0 Å². The van der Waals surface area contributed by atoms with Gasteiger partial charge in [-0.1, -0.05) is 0 Å². The van der Waals surface area contributed by atoms with Gasteiger partial charge in [0.2, 0.25) is 5.78 Å². The standard InChI is InChI=1S/C11H11N3O2/c1-7-5-8(16-2)3-4-9(7)11(15)10-6-12-14-13-10/h3-6H,1-2H3,(H,12,13,14). The summed E-state index contributed by atoms with van der Waals surface area (Å²) in [7, 11) is 1.59. The van der Waals surface area contributed by atoms with E-state index < -0.39 is 0 Å². The molecule has 1 aromatic heterocycles. The summed E-state index contributed by atoms with van der Waals surface area (Å²) in [4.78, 5) is 12.0. The van der Waals surface area contributed by atoms with Crippen LogP contribution in [-0.4, -0.2) is 28.3 Å². The lowest BCUT2D eigenvalue weighted by Gasteiger charge is -2.05. The molecular weight excluding hydrogens is 206 g/mol. The lowest BCUT2D eigenvalue weighted by molar-refractivity contribution is 0.103.